The molecular formula is C41H72N2O8S. The molecule has 2 aliphatic heterocycles. The van der Waals surface area contributed by atoms with Crippen LogP contribution in [0.4, 0.5) is 0 Å². The van der Waals surface area contributed by atoms with E-state index in [1.54, 1.807) is 0 Å². The van der Waals surface area contributed by atoms with Gasteiger partial charge in [-0.25, -0.2) is 0 Å². The molecule has 10 nitrogen and oxygen atoms in total. The van der Waals surface area contributed by atoms with Gasteiger partial charge in [-0.3, -0.25) is 14.9 Å². The minimum Gasteiger partial charge on any atom is -0.480 e. The van der Waals surface area contributed by atoms with Crippen molar-refractivity contribution in [2.75, 3.05) is 33.4 Å². The predicted molar refractivity (Wildman–Crippen MR) is 205 cm³/mol. The number of aliphatic carboxylic acids is 1. The van der Waals surface area contributed by atoms with E-state index in [2.05, 4.69) is 19.2 Å². The number of aliphatic hydroxyl groups excluding tert-OH is 2. The molecule has 8 aliphatic rings. The minimum atomic E-state index is -1.03. The van der Waals surface area contributed by atoms with E-state index in [1.165, 1.54) is 58.3 Å². The number of aliphatic hydroxyl groups is 2. The molecule has 2 spiro atoms. The zero-order chi connectivity index (χ0) is 36.9. The fourth-order valence-corrected chi connectivity index (χ4v) is 13.5. The summed E-state index contributed by atoms with van der Waals surface area (Å²) < 4.78 is 19.7. The summed E-state index contributed by atoms with van der Waals surface area (Å²) in [6.07, 6.45) is 13.8. The van der Waals surface area contributed by atoms with Crippen LogP contribution < -0.4 is 5.32 Å². The van der Waals surface area contributed by atoms with Gasteiger partial charge in [0.25, 0.3) is 0 Å². The number of thiol groups is 1. The van der Waals surface area contributed by atoms with Crippen LogP contribution in [0, 0.1) is 45.8 Å². The number of morpholine rings is 1. The van der Waals surface area contributed by atoms with Crippen molar-refractivity contribution in [3.8, 4) is 0 Å². The maximum Gasteiger partial charge on any atom is 0.323 e. The normalized spacial score (nSPS) is 43.4. The van der Waals surface area contributed by atoms with Crippen molar-refractivity contribution in [3.63, 3.8) is 0 Å². The molecule has 0 aromatic carbocycles. The van der Waals surface area contributed by atoms with Crippen molar-refractivity contribution < 1.29 is 39.1 Å². The van der Waals surface area contributed by atoms with Gasteiger partial charge in [-0.05, 0) is 130 Å². The number of carboxylic acids is 1. The topological polar surface area (TPSA) is 138 Å². The molecule has 0 aromatic heterocycles. The molecule has 11 heteroatoms. The summed E-state index contributed by atoms with van der Waals surface area (Å²) in [5.41, 5.74) is 0.879. The summed E-state index contributed by atoms with van der Waals surface area (Å²) in [4.78, 5) is 26.4. The zero-order valence-corrected chi connectivity index (χ0v) is 33.0. The quantitative estimate of drug-likeness (QED) is 0.182. The van der Waals surface area contributed by atoms with Crippen LogP contribution in [0.15, 0.2) is 0 Å². The average Bonchev–Trinajstić information content (AvgIpc) is 4.03. The van der Waals surface area contributed by atoms with Crippen LogP contribution in [0.5, 0.6) is 0 Å². The van der Waals surface area contributed by atoms with Crippen molar-refractivity contribution in [2.45, 2.75) is 167 Å². The first-order valence-corrected chi connectivity index (χ1v) is 20.8. The molecule has 13 atom stereocenters. The van der Waals surface area contributed by atoms with E-state index in [-0.39, 0.29) is 48.1 Å². The predicted octanol–water partition coefficient (Wildman–Crippen LogP) is 5.92. The summed E-state index contributed by atoms with van der Waals surface area (Å²) in [6.45, 7) is 12.7. The first kappa shape index (κ1) is 42.2. The number of hydrogen-bond donors (Lipinski definition) is 5. The lowest BCUT2D eigenvalue weighted by molar-refractivity contribution is -0.243. The van der Waals surface area contributed by atoms with Crippen molar-refractivity contribution in [1.82, 2.24) is 10.2 Å². The van der Waals surface area contributed by atoms with E-state index in [0.717, 1.165) is 32.8 Å². The van der Waals surface area contributed by atoms with Gasteiger partial charge in [0.2, 0.25) is 5.91 Å². The number of carbonyl (C=O) groups is 2. The lowest BCUT2D eigenvalue weighted by Crippen LogP contribution is -2.57. The maximum atomic E-state index is 12.9. The molecule has 52 heavy (non-hydrogen) atoms. The molecule has 6 aliphatic carbocycles. The van der Waals surface area contributed by atoms with Crippen LogP contribution in [-0.4, -0.2) is 107 Å². The van der Waals surface area contributed by atoms with Crippen LogP contribution >= 0.6 is 12.6 Å². The number of nitrogens with zero attached hydrogens (tertiary/aromatic N) is 1. The van der Waals surface area contributed by atoms with Crippen LogP contribution in [0.2, 0.25) is 0 Å². The highest BCUT2D eigenvalue weighted by atomic mass is 32.1. The average molecular weight is 753 g/mol. The van der Waals surface area contributed by atoms with Crippen LogP contribution in [0.1, 0.15) is 126 Å². The van der Waals surface area contributed by atoms with Crippen molar-refractivity contribution in [1.29, 1.82) is 0 Å². The van der Waals surface area contributed by atoms with E-state index in [4.69, 9.17) is 31.9 Å². The Balaban J connectivity index is 0.00000101. The maximum absolute atomic E-state index is 12.9. The molecule has 0 radical (unpaired) electrons. The largest absolute Gasteiger partial charge is 0.480 e. The van der Waals surface area contributed by atoms with Crippen molar-refractivity contribution >= 4 is 24.5 Å². The number of fused-ring (bicyclic) bond motifs is 4. The third kappa shape index (κ3) is 7.24. The van der Waals surface area contributed by atoms with E-state index in [0.29, 0.717) is 73.1 Å². The third-order valence-corrected chi connectivity index (χ3v) is 16.1. The lowest BCUT2D eigenvalue weighted by Gasteiger charge is -2.59. The molecule has 300 valence electrons. The molecular weight excluding hydrogens is 681 g/mol. The molecule has 6 saturated carbocycles. The Morgan fingerprint density at radius 2 is 1.69 bits per heavy atom. The third-order valence-electron chi connectivity index (χ3n) is 15.2. The van der Waals surface area contributed by atoms with E-state index in [1.807, 2.05) is 18.7 Å². The van der Waals surface area contributed by atoms with Crippen LogP contribution in [-0.2, 0) is 23.8 Å². The Labute approximate surface area is 319 Å². The fourth-order valence-electron chi connectivity index (χ4n) is 12.8. The molecule has 10 unspecified atom stereocenters. The number of ether oxygens (including phenoxy) is 3. The van der Waals surface area contributed by atoms with E-state index in [9.17, 15) is 19.8 Å². The van der Waals surface area contributed by atoms with Gasteiger partial charge in [0.15, 0.2) is 6.29 Å². The molecule has 4 N–H and O–H groups in total. The number of hydrogen-bond acceptors (Lipinski definition) is 9. The van der Waals surface area contributed by atoms with Gasteiger partial charge in [-0.1, -0.05) is 35.1 Å². The molecule has 0 aromatic rings. The van der Waals surface area contributed by atoms with Crippen molar-refractivity contribution in [2.24, 2.45) is 45.8 Å². The summed E-state index contributed by atoms with van der Waals surface area (Å²) in [6, 6.07) is -0.976. The number of amides is 1. The summed E-state index contributed by atoms with van der Waals surface area (Å²) in [5.74, 6) is 2.20. The highest BCUT2D eigenvalue weighted by molar-refractivity contribution is 7.81. The zero-order valence-electron chi connectivity index (χ0n) is 32.1. The Morgan fingerprint density at radius 3 is 2.37 bits per heavy atom. The Hall–Kier alpha value is -0.950. The first-order valence-electron chi connectivity index (χ1n) is 20.4. The van der Waals surface area contributed by atoms with Gasteiger partial charge in [0.1, 0.15) is 6.04 Å². The Morgan fingerprint density at radius 1 is 0.981 bits per heavy atom. The Bertz CT molecular complexity index is 1250. The summed E-state index contributed by atoms with van der Waals surface area (Å²) in [7, 11) is 1.00. The van der Waals surface area contributed by atoms with Crippen LogP contribution in [0.25, 0.3) is 0 Å². The summed E-state index contributed by atoms with van der Waals surface area (Å²) >= 11 is 5.58. The van der Waals surface area contributed by atoms with Gasteiger partial charge in [-0.2, -0.15) is 12.6 Å². The molecule has 0 bridgehead atoms. The monoisotopic (exact) mass is 753 g/mol. The SMILES string of the molecule is C.CC.CC(O)[C@@H](NCC1CC[C@H]2C(CC3C4CCC5C(C)(C)[C@@H](OC6CN(C(=O)CC7CC7)CCO6)CCC56CC46CCC32S)O1)C(=O)O.CO. The lowest BCUT2D eigenvalue weighted by atomic mass is 9.48. The Kier molecular flexibility index (Phi) is 13.2. The van der Waals surface area contributed by atoms with Gasteiger partial charge in [-0.15, -0.1) is 0 Å². The first-order chi connectivity index (χ1) is 24.4. The number of carboxylic acid groups (broad SMARTS) is 1. The van der Waals surface area contributed by atoms with E-state index >= 15 is 0 Å². The number of rotatable bonds is 9. The summed E-state index contributed by atoms with van der Waals surface area (Å²) in [5, 5.41) is 29.5. The second kappa shape index (κ2) is 16.3. The second-order valence-electron chi connectivity index (χ2n) is 17.8. The molecule has 2 heterocycles. The molecule has 2 saturated heterocycles. The number of nitrogens with one attached hydrogen (secondary N) is 1. The highest BCUT2D eigenvalue weighted by Crippen LogP contribution is 2.86. The number of carbonyl (C=O) groups excluding carboxylic acids is 1. The van der Waals surface area contributed by atoms with Gasteiger partial charge < -0.3 is 34.4 Å². The second-order valence-corrected chi connectivity index (χ2v) is 18.6. The van der Waals surface area contributed by atoms with Gasteiger partial charge >= 0.3 is 5.97 Å². The fraction of sp³-hybridized carbons (Fsp3) is 0.951. The smallest absolute Gasteiger partial charge is 0.323 e. The standard InChI is InChI=1S/C37H58N2O7S.C2H6.CH4O.CH4/c1-21(40)32(33(42)43)38-18-23-6-7-25-27(45-23)17-26-24-8-9-28-34(2,3)29(10-11-36(28)20-35(24,36)12-13-37(25,26)47)46-31-19-39(14-15-44-31)30(41)16-22-4-5-22;2*1-2;/h21-29,31-32,38,40,47H,4-20H2,1-3H3,(H,42,43);1-2H3;2H,1H3;1H4/t21?,23?,24?,25-,26?,27?,28?,29-,31?,32+,35?,36?,37?;;;/m0.../s1. The van der Waals surface area contributed by atoms with Crippen LogP contribution in [0.3, 0.4) is 0 Å². The molecule has 1 amide bonds. The minimum absolute atomic E-state index is 0. The van der Waals surface area contributed by atoms with Gasteiger partial charge in [0, 0.05) is 31.4 Å². The highest BCUT2D eigenvalue weighted by Gasteiger charge is 2.81. The van der Waals surface area contributed by atoms with Crippen molar-refractivity contribution in [3.05, 3.63) is 0 Å². The molecule has 8 rings (SSSR count). The van der Waals surface area contributed by atoms with E-state index < -0.39 is 18.1 Å². The molecule has 8 fully saturated rings. The van der Waals surface area contributed by atoms with Gasteiger partial charge in [0.05, 0.1) is 37.6 Å².